The summed E-state index contributed by atoms with van der Waals surface area (Å²) in [6.45, 7) is 0.199. The fourth-order valence-corrected chi connectivity index (χ4v) is 4.25. The topological polar surface area (TPSA) is 79.4 Å². The van der Waals surface area contributed by atoms with Crippen LogP contribution in [0.2, 0.25) is 0 Å². The lowest BCUT2D eigenvalue weighted by molar-refractivity contribution is 0.138. The maximum atomic E-state index is 6.29. The number of hydrogen-bond acceptors (Lipinski definition) is 8. The van der Waals surface area contributed by atoms with Crippen LogP contribution in [0.5, 0.6) is 34.5 Å². The van der Waals surface area contributed by atoms with E-state index in [-0.39, 0.29) is 18.9 Å². The third-order valence-electron chi connectivity index (χ3n) is 5.84. The Balaban J connectivity index is 1.52. The predicted octanol–water partition coefficient (Wildman–Crippen LogP) is 4.30. The van der Waals surface area contributed by atoms with Crippen molar-refractivity contribution in [3.8, 4) is 34.5 Å². The Morgan fingerprint density at radius 3 is 2.18 bits per heavy atom. The molecule has 5 rings (SSSR count). The van der Waals surface area contributed by atoms with E-state index >= 15 is 0 Å². The average molecular weight is 450 g/mol. The molecule has 0 unspecified atom stereocenters. The van der Waals surface area contributed by atoms with Gasteiger partial charge in [-0.2, -0.15) is 5.43 Å². The molecule has 2 aliphatic heterocycles. The number of hydrogen-bond donors (Lipinski definition) is 2. The summed E-state index contributed by atoms with van der Waals surface area (Å²) in [7, 11) is 4.83. The fraction of sp³-hybridized carbons (Fsp3) is 0.280. The van der Waals surface area contributed by atoms with Gasteiger partial charge >= 0.3 is 0 Å². The average Bonchev–Trinajstić information content (AvgIpc) is 3.32. The first-order valence-corrected chi connectivity index (χ1v) is 10.7. The van der Waals surface area contributed by atoms with Crippen LogP contribution in [0.15, 0.2) is 54.6 Å². The van der Waals surface area contributed by atoms with Crippen molar-refractivity contribution in [1.82, 2.24) is 5.43 Å². The van der Waals surface area contributed by atoms with Gasteiger partial charge in [-0.15, -0.1) is 0 Å². The number of nitrogens with one attached hydrogen (secondary N) is 2. The molecule has 0 radical (unpaired) electrons. The minimum Gasteiger partial charge on any atom is -0.493 e. The number of methoxy groups -OCH3 is 3. The third kappa shape index (κ3) is 4.05. The number of fused-ring (bicyclic) bond motifs is 2. The van der Waals surface area contributed by atoms with Gasteiger partial charge in [-0.1, -0.05) is 18.2 Å². The van der Waals surface area contributed by atoms with Gasteiger partial charge in [0.2, 0.25) is 12.5 Å². The second-order valence-corrected chi connectivity index (χ2v) is 7.73. The van der Waals surface area contributed by atoms with Crippen LogP contribution in [-0.4, -0.2) is 34.4 Å². The number of benzene rings is 3. The summed E-state index contributed by atoms with van der Waals surface area (Å²) in [6, 6.07) is 17.7. The number of anilines is 1. The van der Waals surface area contributed by atoms with Gasteiger partial charge in [0, 0.05) is 29.7 Å². The predicted molar refractivity (Wildman–Crippen MR) is 123 cm³/mol. The van der Waals surface area contributed by atoms with E-state index in [1.54, 1.807) is 21.3 Å². The highest BCUT2D eigenvalue weighted by atomic mass is 16.7. The van der Waals surface area contributed by atoms with Crippen LogP contribution in [0.1, 0.15) is 23.5 Å². The first-order valence-electron chi connectivity index (χ1n) is 10.7. The van der Waals surface area contributed by atoms with Gasteiger partial charge in [-0.25, -0.2) is 0 Å². The summed E-state index contributed by atoms with van der Waals surface area (Å²) in [5.74, 6) is 3.86. The number of ether oxygens (including phenoxy) is 6. The zero-order valence-electron chi connectivity index (χ0n) is 18.7. The van der Waals surface area contributed by atoms with E-state index in [1.165, 1.54) is 0 Å². The highest BCUT2D eigenvalue weighted by Gasteiger charge is 2.33. The summed E-state index contributed by atoms with van der Waals surface area (Å²) in [5.41, 5.74) is 9.49. The molecule has 3 aromatic rings. The molecule has 0 saturated heterocycles. The first-order chi connectivity index (χ1) is 16.2. The van der Waals surface area contributed by atoms with E-state index in [0.29, 0.717) is 35.2 Å². The van der Waals surface area contributed by atoms with Crippen LogP contribution in [0.25, 0.3) is 0 Å². The molecule has 0 fully saturated rings. The molecule has 0 amide bonds. The third-order valence-corrected chi connectivity index (χ3v) is 5.84. The molecule has 0 bridgehead atoms. The molecule has 33 heavy (non-hydrogen) atoms. The molecule has 0 saturated carbocycles. The lowest BCUT2D eigenvalue weighted by Gasteiger charge is -2.33. The summed E-state index contributed by atoms with van der Waals surface area (Å²) >= 11 is 0. The Morgan fingerprint density at radius 1 is 0.818 bits per heavy atom. The van der Waals surface area contributed by atoms with Crippen molar-refractivity contribution >= 4 is 5.69 Å². The number of rotatable bonds is 7. The number of para-hydroxylation sites is 1. The Morgan fingerprint density at radius 2 is 1.52 bits per heavy atom. The summed E-state index contributed by atoms with van der Waals surface area (Å²) in [4.78, 5) is 0. The molecule has 172 valence electrons. The Hall–Kier alpha value is -3.78. The van der Waals surface area contributed by atoms with Crippen LogP contribution < -0.4 is 39.3 Å². The van der Waals surface area contributed by atoms with Gasteiger partial charge in [-0.3, -0.25) is 0 Å². The van der Waals surface area contributed by atoms with Crippen molar-refractivity contribution in [2.75, 3.05) is 33.5 Å². The van der Waals surface area contributed by atoms with E-state index in [1.807, 2.05) is 54.6 Å². The molecular formula is C25H26N2O6. The minimum absolute atomic E-state index is 0.0213. The highest BCUT2D eigenvalue weighted by Crippen LogP contribution is 2.49. The highest BCUT2D eigenvalue weighted by molar-refractivity contribution is 5.59. The Kier molecular flexibility index (Phi) is 5.75. The first kappa shape index (κ1) is 21.1. The van der Waals surface area contributed by atoms with Crippen molar-refractivity contribution in [3.63, 3.8) is 0 Å². The molecule has 0 aliphatic carbocycles. The van der Waals surface area contributed by atoms with Crippen LogP contribution >= 0.6 is 0 Å². The molecule has 2 heterocycles. The molecule has 8 nitrogen and oxygen atoms in total. The summed E-state index contributed by atoms with van der Waals surface area (Å²) in [5, 5.41) is 0. The van der Waals surface area contributed by atoms with Gasteiger partial charge in [-0.05, 0) is 35.9 Å². The van der Waals surface area contributed by atoms with Gasteiger partial charge in [0.25, 0.3) is 0 Å². The van der Waals surface area contributed by atoms with Gasteiger partial charge in [0.15, 0.2) is 29.2 Å². The van der Waals surface area contributed by atoms with Crippen molar-refractivity contribution in [3.05, 3.63) is 65.7 Å². The van der Waals surface area contributed by atoms with Crippen LogP contribution in [0.3, 0.4) is 0 Å². The van der Waals surface area contributed by atoms with E-state index < -0.39 is 0 Å². The van der Waals surface area contributed by atoms with Crippen molar-refractivity contribution in [2.45, 2.75) is 18.6 Å². The quantitative estimate of drug-likeness (QED) is 0.516. The SMILES string of the molecule is COc1cc([C@H]2C[C@@H](NNc3ccccc3)Oc3cc4c(cc32)OCO4)cc(OC)c1OC. The summed E-state index contributed by atoms with van der Waals surface area (Å²) < 4.78 is 34.2. The maximum absolute atomic E-state index is 6.29. The van der Waals surface area contributed by atoms with Gasteiger partial charge in [0.05, 0.1) is 21.3 Å². The normalized spacial score (nSPS) is 18.2. The van der Waals surface area contributed by atoms with E-state index in [2.05, 4.69) is 10.9 Å². The Labute approximate surface area is 192 Å². The molecule has 0 spiro atoms. The molecular weight excluding hydrogens is 424 g/mol. The zero-order valence-corrected chi connectivity index (χ0v) is 18.7. The monoisotopic (exact) mass is 450 g/mol. The van der Waals surface area contributed by atoms with Crippen molar-refractivity contribution in [1.29, 1.82) is 0 Å². The largest absolute Gasteiger partial charge is 0.493 e. The zero-order chi connectivity index (χ0) is 22.8. The summed E-state index contributed by atoms with van der Waals surface area (Å²) in [6.07, 6.45) is 0.354. The van der Waals surface area contributed by atoms with Crippen molar-refractivity contribution in [2.24, 2.45) is 0 Å². The molecule has 2 N–H and O–H groups in total. The molecule has 0 aromatic heterocycles. The second kappa shape index (κ2) is 8.99. The van der Waals surface area contributed by atoms with Crippen LogP contribution in [-0.2, 0) is 0 Å². The van der Waals surface area contributed by atoms with E-state index in [9.17, 15) is 0 Å². The van der Waals surface area contributed by atoms with Crippen molar-refractivity contribution < 1.29 is 28.4 Å². The van der Waals surface area contributed by atoms with E-state index in [4.69, 9.17) is 28.4 Å². The second-order valence-electron chi connectivity index (χ2n) is 7.73. The lowest BCUT2D eigenvalue weighted by atomic mass is 9.85. The van der Waals surface area contributed by atoms with Crippen LogP contribution in [0.4, 0.5) is 5.69 Å². The molecule has 2 atom stereocenters. The molecule has 3 aromatic carbocycles. The maximum Gasteiger partial charge on any atom is 0.231 e. The van der Waals surface area contributed by atoms with E-state index in [0.717, 1.165) is 22.6 Å². The van der Waals surface area contributed by atoms with Gasteiger partial charge < -0.3 is 33.8 Å². The molecule has 2 aliphatic rings. The lowest BCUT2D eigenvalue weighted by Crippen LogP contribution is -2.42. The van der Waals surface area contributed by atoms with Crippen LogP contribution in [0, 0.1) is 0 Å². The number of hydrazine groups is 1. The minimum atomic E-state index is -0.304. The fourth-order valence-electron chi connectivity index (χ4n) is 4.25. The van der Waals surface area contributed by atoms with Gasteiger partial charge in [0.1, 0.15) is 5.75 Å². The Bertz CT molecular complexity index is 1110. The standard InChI is InChI=1S/C25H26N2O6/c1-28-22-9-15(10-23(29-2)25(22)30-3)17-12-24(27-26-16-7-5-4-6-8-16)33-19-13-21-20(11-18(17)19)31-14-32-21/h4-11,13,17,24,26-27H,12,14H2,1-3H3/t17-,24+/m1/s1. The smallest absolute Gasteiger partial charge is 0.231 e. The molecule has 8 heteroatoms.